The molecule has 0 aliphatic rings. The monoisotopic (exact) mass is 409 g/mol. The van der Waals surface area contributed by atoms with Crippen molar-refractivity contribution in [1.82, 2.24) is 14.1 Å². The molecule has 0 aliphatic carbocycles. The number of rotatable bonds is 5. The Bertz CT molecular complexity index is 1080. The SMILES string of the molecule is CC(C)Oc1ccc2nc(Cl)c(S(=O)(=O)NC(=O)Oc3ccccc3)n2c1. The second-order valence-corrected chi connectivity index (χ2v) is 7.73. The number of ether oxygens (including phenoxy) is 2. The number of hydrogen-bond acceptors (Lipinski definition) is 6. The minimum Gasteiger partial charge on any atom is -0.489 e. The second-order valence-electron chi connectivity index (χ2n) is 5.78. The Morgan fingerprint density at radius 3 is 2.52 bits per heavy atom. The van der Waals surface area contributed by atoms with Crippen molar-refractivity contribution in [1.29, 1.82) is 0 Å². The molecule has 0 saturated heterocycles. The van der Waals surface area contributed by atoms with Gasteiger partial charge in [-0.25, -0.2) is 14.5 Å². The fourth-order valence-electron chi connectivity index (χ4n) is 2.33. The van der Waals surface area contributed by atoms with Crippen molar-refractivity contribution in [3.63, 3.8) is 0 Å². The maximum Gasteiger partial charge on any atom is 0.426 e. The summed E-state index contributed by atoms with van der Waals surface area (Å²) in [6.45, 7) is 3.67. The molecule has 142 valence electrons. The predicted octanol–water partition coefficient (Wildman–Crippen LogP) is 3.25. The number of carbonyl (C=O) groups excluding carboxylic acids is 1. The number of fused-ring (bicyclic) bond motifs is 1. The maximum atomic E-state index is 12.7. The van der Waals surface area contributed by atoms with Crippen molar-refractivity contribution in [2.24, 2.45) is 0 Å². The zero-order valence-corrected chi connectivity index (χ0v) is 16.0. The van der Waals surface area contributed by atoms with E-state index in [1.807, 2.05) is 18.6 Å². The van der Waals surface area contributed by atoms with Gasteiger partial charge < -0.3 is 9.47 Å². The van der Waals surface area contributed by atoms with Gasteiger partial charge in [-0.2, -0.15) is 8.42 Å². The average Bonchev–Trinajstić information content (AvgIpc) is 2.90. The summed E-state index contributed by atoms with van der Waals surface area (Å²) in [5.41, 5.74) is 0.285. The molecule has 2 aromatic heterocycles. The summed E-state index contributed by atoms with van der Waals surface area (Å²) < 4.78 is 38.9. The number of pyridine rings is 1. The molecule has 0 fully saturated rings. The van der Waals surface area contributed by atoms with Crippen molar-refractivity contribution < 1.29 is 22.7 Å². The van der Waals surface area contributed by atoms with Gasteiger partial charge >= 0.3 is 6.09 Å². The standard InChI is InChI=1S/C17H16ClN3O5S/c1-11(2)25-13-8-9-14-19-15(18)16(21(14)10-13)27(23,24)20-17(22)26-12-6-4-3-5-7-12/h3-11H,1-2H3,(H,20,22). The second kappa shape index (κ2) is 7.45. The quantitative estimate of drug-likeness (QED) is 0.694. The first kappa shape index (κ1) is 19.0. The highest BCUT2D eigenvalue weighted by atomic mass is 35.5. The Kier molecular flexibility index (Phi) is 5.24. The van der Waals surface area contributed by atoms with Crippen molar-refractivity contribution in [3.8, 4) is 11.5 Å². The number of nitrogens with one attached hydrogen (secondary N) is 1. The number of nitrogens with zero attached hydrogens (tertiary/aromatic N) is 2. The Hall–Kier alpha value is -2.78. The van der Waals surface area contributed by atoms with Gasteiger partial charge in [0.05, 0.1) is 12.3 Å². The van der Waals surface area contributed by atoms with Crippen LogP contribution in [-0.4, -0.2) is 30.0 Å². The van der Waals surface area contributed by atoms with Crippen LogP contribution < -0.4 is 14.2 Å². The van der Waals surface area contributed by atoms with Gasteiger partial charge in [0.25, 0.3) is 10.0 Å². The van der Waals surface area contributed by atoms with E-state index in [4.69, 9.17) is 21.1 Å². The Labute approximate surface area is 160 Å². The van der Waals surface area contributed by atoms with E-state index in [-0.39, 0.29) is 22.7 Å². The lowest BCUT2D eigenvalue weighted by Gasteiger charge is -2.11. The van der Waals surface area contributed by atoms with Crippen molar-refractivity contribution in [2.75, 3.05) is 0 Å². The van der Waals surface area contributed by atoms with Crippen LogP contribution in [0.5, 0.6) is 11.5 Å². The lowest BCUT2D eigenvalue weighted by atomic mass is 10.3. The fraction of sp³-hybridized carbons (Fsp3) is 0.176. The average molecular weight is 410 g/mol. The van der Waals surface area contributed by atoms with E-state index in [2.05, 4.69) is 4.98 Å². The number of imidazole rings is 1. The van der Waals surface area contributed by atoms with Crippen molar-refractivity contribution in [2.45, 2.75) is 25.0 Å². The third kappa shape index (κ3) is 4.32. The van der Waals surface area contributed by atoms with E-state index in [0.29, 0.717) is 5.75 Å². The van der Waals surface area contributed by atoms with Gasteiger partial charge in [-0.05, 0) is 38.1 Å². The number of halogens is 1. The van der Waals surface area contributed by atoms with Crippen LogP contribution in [0, 0.1) is 0 Å². The molecule has 27 heavy (non-hydrogen) atoms. The zero-order valence-electron chi connectivity index (χ0n) is 14.4. The first-order chi connectivity index (χ1) is 12.8. The lowest BCUT2D eigenvalue weighted by molar-refractivity contribution is 0.207. The summed E-state index contributed by atoms with van der Waals surface area (Å²) in [5, 5.41) is -0.671. The minimum absolute atomic E-state index is 0.111. The summed E-state index contributed by atoms with van der Waals surface area (Å²) in [5.74, 6) is 0.622. The lowest BCUT2D eigenvalue weighted by Crippen LogP contribution is -2.33. The van der Waals surface area contributed by atoms with Gasteiger partial charge in [0.1, 0.15) is 17.1 Å². The van der Waals surface area contributed by atoms with Crippen molar-refractivity contribution >= 4 is 33.4 Å². The first-order valence-electron chi connectivity index (χ1n) is 7.90. The van der Waals surface area contributed by atoms with Crippen LogP contribution in [0.15, 0.2) is 53.7 Å². The molecule has 0 bridgehead atoms. The van der Waals surface area contributed by atoms with E-state index in [1.54, 1.807) is 30.3 Å². The molecule has 2 heterocycles. The van der Waals surface area contributed by atoms with E-state index in [9.17, 15) is 13.2 Å². The van der Waals surface area contributed by atoms with Crippen LogP contribution >= 0.6 is 11.6 Å². The van der Waals surface area contributed by atoms with Gasteiger partial charge in [-0.3, -0.25) is 4.40 Å². The zero-order chi connectivity index (χ0) is 19.6. The molecule has 8 nitrogen and oxygen atoms in total. The Balaban J connectivity index is 1.92. The molecule has 0 unspecified atom stereocenters. The summed E-state index contributed by atoms with van der Waals surface area (Å²) in [6.07, 6.45) is 0.160. The van der Waals surface area contributed by atoms with E-state index >= 15 is 0 Å². The topological polar surface area (TPSA) is 99.0 Å². The fourth-order valence-corrected chi connectivity index (χ4v) is 3.84. The first-order valence-corrected chi connectivity index (χ1v) is 9.76. The Morgan fingerprint density at radius 2 is 1.85 bits per heavy atom. The molecule has 3 aromatic rings. The third-order valence-corrected chi connectivity index (χ3v) is 5.02. The van der Waals surface area contributed by atoms with Crippen LogP contribution in [-0.2, 0) is 10.0 Å². The minimum atomic E-state index is -4.35. The molecule has 10 heteroatoms. The highest BCUT2D eigenvalue weighted by molar-refractivity contribution is 7.90. The Morgan fingerprint density at radius 1 is 1.15 bits per heavy atom. The van der Waals surface area contributed by atoms with E-state index < -0.39 is 21.1 Å². The summed E-state index contributed by atoms with van der Waals surface area (Å²) in [7, 11) is -4.35. The maximum absolute atomic E-state index is 12.7. The number of hydrogen-bond donors (Lipinski definition) is 1. The predicted molar refractivity (Wildman–Crippen MR) is 98.8 cm³/mol. The molecular weight excluding hydrogens is 394 g/mol. The van der Waals surface area contributed by atoms with Gasteiger partial charge in [0.2, 0.25) is 0 Å². The highest BCUT2D eigenvalue weighted by Gasteiger charge is 2.27. The number of carbonyl (C=O) groups is 1. The molecule has 1 N–H and O–H groups in total. The molecule has 1 aromatic carbocycles. The normalized spacial score (nSPS) is 11.6. The molecule has 0 atom stereocenters. The number of sulfonamides is 1. The molecule has 0 saturated carbocycles. The van der Waals surface area contributed by atoms with Gasteiger partial charge in [-0.1, -0.05) is 29.8 Å². The molecule has 3 rings (SSSR count). The number of aromatic nitrogens is 2. The van der Waals surface area contributed by atoms with Gasteiger partial charge in [0, 0.05) is 0 Å². The summed E-state index contributed by atoms with van der Waals surface area (Å²) in [6, 6.07) is 11.3. The van der Waals surface area contributed by atoms with E-state index in [1.165, 1.54) is 22.7 Å². The van der Waals surface area contributed by atoms with Crippen LogP contribution in [0.25, 0.3) is 5.65 Å². The summed E-state index contributed by atoms with van der Waals surface area (Å²) >= 11 is 6.01. The molecular formula is C17H16ClN3O5S. The number of amides is 1. The molecule has 0 aliphatic heterocycles. The molecule has 1 amide bonds. The molecule has 0 radical (unpaired) electrons. The number of benzene rings is 1. The van der Waals surface area contributed by atoms with Crippen LogP contribution in [0.4, 0.5) is 4.79 Å². The largest absolute Gasteiger partial charge is 0.489 e. The highest BCUT2D eigenvalue weighted by Crippen LogP contribution is 2.25. The van der Waals surface area contributed by atoms with Gasteiger partial charge in [-0.15, -0.1) is 0 Å². The van der Waals surface area contributed by atoms with Gasteiger partial charge in [0.15, 0.2) is 10.2 Å². The van der Waals surface area contributed by atoms with Crippen LogP contribution in [0.3, 0.4) is 0 Å². The summed E-state index contributed by atoms with van der Waals surface area (Å²) in [4.78, 5) is 16.0. The van der Waals surface area contributed by atoms with Crippen LogP contribution in [0.2, 0.25) is 5.15 Å². The third-order valence-electron chi connectivity index (χ3n) is 3.31. The number of para-hydroxylation sites is 1. The van der Waals surface area contributed by atoms with E-state index in [0.717, 1.165) is 0 Å². The van der Waals surface area contributed by atoms with Crippen LogP contribution in [0.1, 0.15) is 13.8 Å². The van der Waals surface area contributed by atoms with Crippen molar-refractivity contribution in [3.05, 3.63) is 53.8 Å². The molecule has 0 spiro atoms. The smallest absolute Gasteiger partial charge is 0.426 e.